The molecule has 0 amide bonds. The molecule has 21 heavy (non-hydrogen) atoms. The summed E-state index contributed by atoms with van der Waals surface area (Å²) in [6.07, 6.45) is -4.22. The number of Topliss-reactive ketones (excluding diaryl/α,β-unsaturated/α-hetero) is 1. The lowest BCUT2D eigenvalue weighted by atomic mass is 9.97. The van der Waals surface area contributed by atoms with Crippen molar-refractivity contribution in [1.29, 1.82) is 0 Å². The third-order valence-electron chi connectivity index (χ3n) is 3.13. The van der Waals surface area contributed by atoms with Crippen LogP contribution in [0, 0.1) is 6.92 Å². The summed E-state index contributed by atoms with van der Waals surface area (Å²) < 4.78 is 38.7. The van der Waals surface area contributed by atoms with Crippen LogP contribution in [0.25, 0.3) is 0 Å². The van der Waals surface area contributed by atoms with Crippen LogP contribution in [0.15, 0.2) is 46.9 Å². The van der Waals surface area contributed by atoms with E-state index in [0.717, 1.165) is 22.2 Å². The highest BCUT2D eigenvalue weighted by atomic mass is 79.9. The van der Waals surface area contributed by atoms with Crippen molar-refractivity contribution < 1.29 is 18.0 Å². The van der Waals surface area contributed by atoms with E-state index >= 15 is 0 Å². The Morgan fingerprint density at radius 2 is 1.71 bits per heavy atom. The zero-order valence-corrected chi connectivity index (χ0v) is 12.8. The predicted molar refractivity (Wildman–Crippen MR) is 78.4 cm³/mol. The summed E-state index contributed by atoms with van der Waals surface area (Å²) in [5, 5.41) is 0. The first kappa shape index (κ1) is 15.8. The Balaban J connectivity index is 2.22. The van der Waals surface area contributed by atoms with Crippen molar-refractivity contribution in [1.82, 2.24) is 0 Å². The second-order valence-electron chi connectivity index (χ2n) is 4.75. The largest absolute Gasteiger partial charge is 0.416 e. The van der Waals surface area contributed by atoms with Gasteiger partial charge in [0.15, 0.2) is 5.78 Å². The number of hydrogen-bond donors (Lipinski definition) is 0. The zero-order valence-electron chi connectivity index (χ0n) is 11.2. The van der Waals surface area contributed by atoms with Crippen LogP contribution in [-0.2, 0) is 12.6 Å². The standard InChI is InChI=1S/C16H12BrF3O/c1-10-8-12(16(18,19)20)4-7-14(10)15(21)9-11-2-5-13(17)6-3-11/h2-8H,9H2,1H3. The minimum Gasteiger partial charge on any atom is -0.294 e. The number of aryl methyl sites for hydroxylation is 1. The summed E-state index contributed by atoms with van der Waals surface area (Å²) in [6, 6.07) is 10.5. The number of hydrogen-bond acceptors (Lipinski definition) is 1. The molecule has 0 saturated carbocycles. The van der Waals surface area contributed by atoms with Crippen molar-refractivity contribution in [2.75, 3.05) is 0 Å². The number of halogens is 4. The summed E-state index contributed by atoms with van der Waals surface area (Å²) in [7, 11) is 0. The lowest BCUT2D eigenvalue weighted by molar-refractivity contribution is -0.137. The van der Waals surface area contributed by atoms with Crippen molar-refractivity contribution in [3.63, 3.8) is 0 Å². The SMILES string of the molecule is Cc1cc(C(F)(F)F)ccc1C(=O)Cc1ccc(Br)cc1. The minimum absolute atomic E-state index is 0.166. The normalized spacial score (nSPS) is 11.5. The number of rotatable bonds is 3. The van der Waals surface area contributed by atoms with Crippen molar-refractivity contribution in [3.8, 4) is 0 Å². The molecule has 5 heteroatoms. The second-order valence-corrected chi connectivity index (χ2v) is 5.67. The van der Waals surface area contributed by atoms with E-state index in [9.17, 15) is 18.0 Å². The van der Waals surface area contributed by atoms with Gasteiger partial charge in [-0.25, -0.2) is 0 Å². The van der Waals surface area contributed by atoms with Crippen LogP contribution in [0.1, 0.15) is 27.0 Å². The Morgan fingerprint density at radius 3 is 2.24 bits per heavy atom. The average molecular weight is 357 g/mol. The molecule has 0 N–H and O–H groups in total. The molecule has 0 heterocycles. The van der Waals surface area contributed by atoms with Gasteiger partial charge in [0.1, 0.15) is 0 Å². The molecule has 0 aromatic heterocycles. The minimum atomic E-state index is -4.39. The summed E-state index contributed by atoms with van der Waals surface area (Å²) >= 11 is 3.30. The molecule has 0 unspecified atom stereocenters. The maximum Gasteiger partial charge on any atom is 0.416 e. The zero-order chi connectivity index (χ0) is 15.6. The van der Waals surface area contributed by atoms with Gasteiger partial charge in [-0.15, -0.1) is 0 Å². The van der Waals surface area contributed by atoms with Gasteiger partial charge in [0, 0.05) is 16.5 Å². The van der Waals surface area contributed by atoms with Crippen LogP contribution in [0.5, 0.6) is 0 Å². The Bertz CT molecular complexity index is 660. The summed E-state index contributed by atoms with van der Waals surface area (Å²) in [4.78, 5) is 12.2. The fraction of sp³-hybridized carbons (Fsp3) is 0.188. The maximum atomic E-state index is 12.6. The number of benzene rings is 2. The highest BCUT2D eigenvalue weighted by Crippen LogP contribution is 2.30. The predicted octanol–water partition coefficient (Wildman–Crippen LogP) is 5.20. The summed E-state index contributed by atoms with van der Waals surface area (Å²) in [5.74, 6) is -0.191. The van der Waals surface area contributed by atoms with E-state index in [1.807, 2.05) is 12.1 Å². The maximum absolute atomic E-state index is 12.6. The third-order valence-corrected chi connectivity index (χ3v) is 3.66. The van der Waals surface area contributed by atoms with Crippen molar-refractivity contribution in [2.24, 2.45) is 0 Å². The Hall–Kier alpha value is -1.62. The number of carbonyl (C=O) groups excluding carboxylic acids is 1. The highest BCUT2D eigenvalue weighted by molar-refractivity contribution is 9.10. The Kier molecular flexibility index (Phi) is 4.52. The first-order valence-corrected chi connectivity index (χ1v) is 7.02. The fourth-order valence-electron chi connectivity index (χ4n) is 2.04. The molecule has 0 aliphatic heterocycles. The average Bonchev–Trinajstić information content (AvgIpc) is 2.40. The molecular formula is C16H12BrF3O. The molecular weight excluding hydrogens is 345 g/mol. The molecule has 0 radical (unpaired) electrons. The molecule has 0 aliphatic rings. The van der Waals surface area contributed by atoms with Crippen LogP contribution in [0.3, 0.4) is 0 Å². The van der Waals surface area contributed by atoms with E-state index in [1.165, 1.54) is 13.0 Å². The van der Waals surface area contributed by atoms with Gasteiger partial charge < -0.3 is 0 Å². The molecule has 0 atom stereocenters. The van der Waals surface area contributed by atoms with Gasteiger partial charge in [-0.05, 0) is 42.3 Å². The van der Waals surface area contributed by atoms with E-state index in [-0.39, 0.29) is 12.2 Å². The molecule has 2 aromatic carbocycles. The first-order chi connectivity index (χ1) is 9.77. The molecule has 1 nitrogen and oxygen atoms in total. The second kappa shape index (κ2) is 6.02. The molecule has 0 saturated heterocycles. The van der Waals surface area contributed by atoms with E-state index < -0.39 is 11.7 Å². The highest BCUT2D eigenvalue weighted by Gasteiger charge is 2.30. The fourth-order valence-corrected chi connectivity index (χ4v) is 2.30. The van der Waals surface area contributed by atoms with Crippen LogP contribution in [-0.4, -0.2) is 5.78 Å². The lowest BCUT2D eigenvalue weighted by Crippen LogP contribution is -2.09. The topological polar surface area (TPSA) is 17.1 Å². The molecule has 0 aliphatic carbocycles. The third kappa shape index (κ3) is 3.94. The van der Waals surface area contributed by atoms with Gasteiger partial charge in [0.2, 0.25) is 0 Å². The van der Waals surface area contributed by atoms with E-state index in [2.05, 4.69) is 15.9 Å². The number of carbonyl (C=O) groups is 1. The van der Waals surface area contributed by atoms with Crippen LogP contribution < -0.4 is 0 Å². The summed E-state index contributed by atoms with van der Waals surface area (Å²) in [5.41, 5.74) is 0.751. The Morgan fingerprint density at radius 1 is 1.10 bits per heavy atom. The van der Waals surface area contributed by atoms with Gasteiger partial charge in [0.25, 0.3) is 0 Å². The van der Waals surface area contributed by atoms with Gasteiger partial charge >= 0.3 is 6.18 Å². The smallest absolute Gasteiger partial charge is 0.294 e. The van der Waals surface area contributed by atoms with Gasteiger partial charge in [-0.3, -0.25) is 4.79 Å². The molecule has 2 rings (SSSR count). The first-order valence-electron chi connectivity index (χ1n) is 6.23. The molecule has 0 bridgehead atoms. The van der Waals surface area contributed by atoms with E-state index in [0.29, 0.717) is 11.1 Å². The van der Waals surface area contributed by atoms with Gasteiger partial charge in [-0.2, -0.15) is 13.2 Å². The quantitative estimate of drug-likeness (QED) is 0.690. The van der Waals surface area contributed by atoms with E-state index in [1.54, 1.807) is 12.1 Å². The monoisotopic (exact) mass is 356 g/mol. The van der Waals surface area contributed by atoms with Crippen molar-refractivity contribution >= 4 is 21.7 Å². The number of alkyl halides is 3. The summed E-state index contributed by atoms with van der Waals surface area (Å²) in [6.45, 7) is 1.52. The van der Waals surface area contributed by atoms with Gasteiger partial charge in [0.05, 0.1) is 5.56 Å². The van der Waals surface area contributed by atoms with Crippen molar-refractivity contribution in [2.45, 2.75) is 19.5 Å². The van der Waals surface area contributed by atoms with Crippen molar-refractivity contribution in [3.05, 3.63) is 69.2 Å². The molecule has 0 spiro atoms. The van der Waals surface area contributed by atoms with Crippen LogP contribution in [0.4, 0.5) is 13.2 Å². The molecule has 2 aromatic rings. The molecule has 110 valence electrons. The molecule has 0 fully saturated rings. The van der Waals surface area contributed by atoms with Gasteiger partial charge in [-0.1, -0.05) is 34.1 Å². The Labute approximate surface area is 128 Å². The van der Waals surface area contributed by atoms with Crippen LogP contribution in [0.2, 0.25) is 0 Å². The lowest BCUT2D eigenvalue weighted by Gasteiger charge is -2.10. The van der Waals surface area contributed by atoms with E-state index in [4.69, 9.17) is 0 Å². The van der Waals surface area contributed by atoms with Crippen LogP contribution >= 0.6 is 15.9 Å². The number of ketones is 1.